The Hall–Kier alpha value is -2.72. The van der Waals surface area contributed by atoms with Crippen LogP contribution in [0.15, 0.2) is 24.5 Å². The fourth-order valence-electron chi connectivity index (χ4n) is 6.28. The Morgan fingerprint density at radius 2 is 2.00 bits per heavy atom. The number of hydrogen-bond acceptors (Lipinski definition) is 7. The minimum absolute atomic E-state index is 0.296. The van der Waals surface area contributed by atoms with Crippen molar-refractivity contribution in [2.75, 3.05) is 17.2 Å². The molecule has 0 amide bonds. The van der Waals surface area contributed by atoms with Gasteiger partial charge in [0.15, 0.2) is 0 Å². The number of pyridine rings is 1. The van der Waals surface area contributed by atoms with Crippen molar-refractivity contribution in [3.05, 3.63) is 41.3 Å². The summed E-state index contributed by atoms with van der Waals surface area (Å²) in [6.07, 6.45) is 9.67. The van der Waals surface area contributed by atoms with E-state index >= 15 is 0 Å². The monoisotopic (exact) mass is 403 g/mol. The van der Waals surface area contributed by atoms with Crippen LogP contribution in [-0.2, 0) is 6.54 Å². The largest absolute Gasteiger partial charge is 0.368 e. The van der Waals surface area contributed by atoms with Crippen molar-refractivity contribution < 1.29 is 0 Å². The first-order chi connectivity index (χ1) is 14.5. The molecule has 4 N–H and O–H groups in total. The van der Waals surface area contributed by atoms with Gasteiger partial charge in [0.2, 0.25) is 5.95 Å². The molecule has 30 heavy (non-hydrogen) atoms. The lowest BCUT2D eigenvalue weighted by molar-refractivity contribution is -0.0591. The molecule has 4 bridgehead atoms. The van der Waals surface area contributed by atoms with Gasteiger partial charge in [-0.15, -0.1) is 0 Å². The van der Waals surface area contributed by atoms with E-state index in [1.165, 1.54) is 32.1 Å². The fourth-order valence-corrected chi connectivity index (χ4v) is 6.28. The molecule has 0 radical (unpaired) electrons. The van der Waals surface area contributed by atoms with E-state index in [9.17, 15) is 5.26 Å². The molecule has 4 aliphatic rings. The minimum Gasteiger partial charge on any atom is -0.368 e. The molecular weight excluding hydrogens is 374 g/mol. The molecule has 3 unspecified atom stereocenters. The SMILES string of the molecule is Cc1ncccc1CNc1ncc(C#N)c(NCC23CC4C[C@H](C2)C(N)[C@@H](C4)C3)n1. The number of nitrogens with one attached hydrogen (secondary N) is 2. The third-order valence-corrected chi connectivity index (χ3v) is 7.57. The van der Waals surface area contributed by atoms with Gasteiger partial charge in [0.05, 0.1) is 6.20 Å². The second kappa shape index (κ2) is 7.51. The van der Waals surface area contributed by atoms with Crippen LogP contribution in [0.5, 0.6) is 0 Å². The Kier molecular flexibility index (Phi) is 4.82. The quantitative estimate of drug-likeness (QED) is 0.679. The molecule has 7 heteroatoms. The summed E-state index contributed by atoms with van der Waals surface area (Å²) in [7, 11) is 0. The molecule has 5 atom stereocenters. The minimum atomic E-state index is 0.296. The average molecular weight is 404 g/mol. The van der Waals surface area contributed by atoms with Crippen molar-refractivity contribution in [2.45, 2.75) is 51.6 Å². The van der Waals surface area contributed by atoms with Gasteiger partial charge in [-0.25, -0.2) is 4.98 Å². The Morgan fingerprint density at radius 1 is 1.20 bits per heavy atom. The summed E-state index contributed by atoms with van der Waals surface area (Å²) in [5, 5.41) is 16.3. The smallest absolute Gasteiger partial charge is 0.224 e. The maximum Gasteiger partial charge on any atom is 0.224 e. The zero-order chi connectivity index (χ0) is 20.7. The lowest BCUT2D eigenvalue weighted by Gasteiger charge is -2.59. The third kappa shape index (κ3) is 3.50. The van der Waals surface area contributed by atoms with E-state index in [0.29, 0.717) is 47.2 Å². The van der Waals surface area contributed by atoms with E-state index in [1.807, 2.05) is 19.1 Å². The number of aryl methyl sites for hydroxylation is 1. The second-order valence-electron chi connectivity index (χ2n) is 9.57. The zero-order valence-electron chi connectivity index (χ0n) is 17.4. The van der Waals surface area contributed by atoms with Gasteiger partial charge in [-0.05, 0) is 73.8 Å². The molecular formula is C23H29N7. The van der Waals surface area contributed by atoms with Gasteiger partial charge in [-0.1, -0.05) is 6.07 Å². The zero-order valence-corrected chi connectivity index (χ0v) is 17.4. The summed E-state index contributed by atoms with van der Waals surface area (Å²) in [4.78, 5) is 13.3. The molecule has 0 spiro atoms. The summed E-state index contributed by atoms with van der Waals surface area (Å²) in [6.45, 7) is 3.44. The molecule has 0 saturated heterocycles. The average Bonchev–Trinajstić information content (AvgIpc) is 2.75. The highest BCUT2D eigenvalue weighted by molar-refractivity contribution is 5.53. The van der Waals surface area contributed by atoms with Crippen LogP contribution in [0.4, 0.5) is 11.8 Å². The summed E-state index contributed by atoms with van der Waals surface area (Å²) >= 11 is 0. The molecule has 0 aromatic carbocycles. The van der Waals surface area contributed by atoms with E-state index in [2.05, 4.69) is 31.7 Å². The first-order valence-corrected chi connectivity index (χ1v) is 11.0. The lowest BCUT2D eigenvalue weighted by Crippen LogP contribution is -2.58. The first kappa shape index (κ1) is 19.3. The number of nitriles is 1. The van der Waals surface area contributed by atoms with E-state index in [0.717, 1.165) is 23.7 Å². The topological polar surface area (TPSA) is 113 Å². The highest BCUT2D eigenvalue weighted by atomic mass is 15.1. The summed E-state index contributed by atoms with van der Waals surface area (Å²) in [6, 6.07) is 6.57. The van der Waals surface area contributed by atoms with Gasteiger partial charge in [0.1, 0.15) is 17.5 Å². The van der Waals surface area contributed by atoms with Crippen molar-refractivity contribution in [3.8, 4) is 6.07 Å². The Bertz CT molecular complexity index is 966. The molecule has 2 aromatic rings. The Morgan fingerprint density at radius 3 is 2.73 bits per heavy atom. The van der Waals surface area contributed by atoms with Gasteiger partial charge in [0, 0.05) is 31.0 Å². The Balaban J connectivity index is 1.29. The molecule has 4 fully saturated rings. The molecule has 6 rings (SSSR count). The number of hydrogen-bond donors (Lipinski definition) is 3. The van der Waals surface area contributed by atoms with Gasteiger partial charge in [-0.2, -0.15) is 10.2 Å². The predicted molar refractivity (Wildman–Crippen MR) is 116 cm³/mol. The van der Waals surface area contributed by atoms with Crippen molar-refractivity contribution in [2.24, 2.45) is 28.9 Å². The molecule has 0 aliphatic heterocycles. The van der Waals surface area contributed by atoms with Gasteiger partial charge < -0.3 is 16.4 Å². The normalized spacial score (nSPS) is 31.4. The number of nitrogens with two attached hydrogens (primary N) is 1. The summed E-state index contributed by atoms with van der Waals surface area (Å²) in [5.41, 5.74) is 9.36. The van der Waals surface area contributed by atoms with Crippen molar-refractivity contribution in [1.82, 2.24) is 15.0 Å². The number of anilines is 2. The van der Waals surface area contributed by atoms with Crippen molar-refractivity contribution in [1.29, 1.82) is 5.26 Å². The fraction of sp³-hybridized carbons (Fsp3) is 0.565. The van der Waals surface area contributed by atoms with Crippen LogP contribution in [0.2, 0.25) is 0 Å². The van der Waals surface area contributed by atoms with Crippen LogP contribution in [-0.4, -0.2) is 27.5 Å². The first-order valence-electron chi connectivity index (χ1n) is 11.0. The molecule has 4 aliphatic carbocycles. The van der Waals surface area contributed by atoms with Crippen LogP contribution >= 0.6 is 0 Å². The number of nitrogens with zero attached hydrogens (tertiary/aromatic N) is 4. The van der Waals surface area contributed by atoms with E-state index in [1.54, 1.807) is 12.4 Å². The molecule has 2 heterocycles. The summed E-state index contributed by atoms with van der Waals surface area (Å²) in [5.74, 6) is 3.30. The van der Waals surface area contributed by atoms with Crippen molar-refractivity contribution in [3.63, 3.8) is 0 Å². The van der Waals surface area contributed by atoms with Crippen LogP contribution in [0, 0.1) is 41.4 Å². The maximum atomic E-state index is 9.53. The molecule has 7 nitrogen and oxygen atoms in total. The predicted octanol–water partition coefficient (Wildman–Crippen LogP) is 3.23. The second-order valence-corrected chi connectivity index (χ2v) is 9.57. The van der Waals surface area contributed by atoms with E-state index < -0.39 is 0 Å². The van der Waals surface area contributed by atoms with E-state index in [4.69, 9.17) is 5.73 Å². The van der Waals surface area contributed by atoms with Crippen LogP contribution in [0.1, 0.15) is 48.9 Å². The van der Waals surface area contributed by atoms with Gasteiger partial charge in [0.25, 0.3) is 0 Å². The number of aromatic nitrogens is 3. The van der Waals surface area contributed by atoms with E-state index in [-0.39, 0.29) is 0 Å². The highest BCUT2D eigenvalue weighted by Crippen LogP contribution is 2.59. The van der Waals surface area contributed by atoms with Crippen LogP contribution in [0.25, 0.3) is 0 Å². The maximum absolute atomic E-state index is 9.53. The van der Waals surface area contributed by atoms with Crippen LogP contribution in [0.3, 0.4) is 0 Å². The summed E-state index contributed by atoms with van der Waals surface area (Å²) < 4.78 is 0. The third-order valence-electron chi connectivity index (χ3n) is 7.57. The number of rotatable bonds is 6. The lowest BCUT2D eigenvalue weighted by atomic mass is 9.48. The van der Waals surface area contributed by atoms with Crippen LogP contribution < -0.4 is 16.4 Å². The van der Waals surface area contributed by atoms with Gasteiger partial charge in [-0.3, -0.25) is 4.98 Å². The molecule has 156 valence electrons. The molecule has 4 saturated carbocycles. The molecule has 2 aromatic heterocycles. The standard InChI is InChI=1S/C23H29N7/c1-14-16(3-2-4-26-14)11-27-22-28-12-19(10-24)21(30-22)29-13-23-7-15-5-17(8-23)20(25)18(6-15)9-23/h2-4,12,15,17-18,20H,5-9,11,13,25H2,1H3,(H2,27,28,29,30)/t15?,17-,18+,20?,23?. The Labute approximate surface area is 177 Å². The van der Waals surface area contributed by atoms with Crippen molar-refractivity contribution >= 4 is 11.8 Å². The van der Waals surface area contributed by atoms with Gasteiger partial charge >= 0.3 is 0 Å². The highest BCUT2D eigenvalue weighted by Gasteiger charge is 2.54.